The molecule has 2 heteroatoms. The molecule has 0 aromatic rings. The second-order valence-electron chi connectivity index (χ2n) is 6.33. The van der Waals surface area contributed by atoms with Crippen molar-refractivity contribution in [2.75, 3.05) is 19.6 Å². The number of hydrogen-bond acceptors (Lipinski definition) is 2. The summed E-state index contributed by atoms with van der Waals surface area (Å²) in [5.41, 5.74) is 0.217. The molecular weight excluding hydrogens is 198 g/mol. The third kappa shape index (κ3) is 2.78. The number of β-amino-alcohol motifs (C(OH)–C–C–N with tert-alkyl or cyclic N) is 1. The van der Waals surface area contributed by atoms with Crippen LogP contribution in [-0.2, 0) is 0 Å². The molecule has 1 atom stereocenters. The lowest BCUT2D eigenvalue weighted by Crippen LogP contribution is -2.46. The summed E-state index contributed by atoms with van der Waals surface area (Å²) in [7, 11) is 0. The van der Waals surface area contributed by atoms with Gasteiger partial charge >= 0.3 is 0 Å². The molecule has 1 spiro atoms. The monoisotopic (exact) mass is 225 g/mol. The summed E-state index contributed by atoms with van der Waals surface area (Å²) in [6, 6.07) is 0. The van der Waals surface area contributed by atoms with Crippen LogP contribution < -0.4 is 0 Å². The van der Waals surface area contributed by atoms with Gasteiger partial charge in [0, 0.05) is 6.54 Å². The Balaban J connectivity index is 1.81. The molecule has 0 aromatic carbocycles. The van der Waals surface area contributed by atoms with Crippen LogP contribution in [0.1, 0.15) is 58.8 Å². The minimum Gasteiger partial charge on any atom is -0.389 e. The molecule has 16 heavy (non-hydrogen) atoms. The third-order valence-corrected chi connectivity index (χ3v) is 4.91. The maximum Gasteiger partial charge on any atom is 0.0743 e. The molecule has 1 aliphatic carbocycles. The Hall–Kier alpha value is -0.0800. The van der Waals surface area contributed by atoms with Crippen LogP contribution in [0.3, 0.4) is 0 Å². The lowest BCUT2D eigenvalue weighted by Gasteiger charge is -2.41. The second-order valence-corrected chi connectivity index (χ2v) is 6.33. The highest BCUT2D eigenvalue weighted by Crippen LogP contribution is 2.46. The summed E-state index contributed by atoms with van der Waals surface area (Å²) in [6.45, 7) is 7.31. The van der Waals surface area contributed by atoms with Gasteiger partial charge in [-0.1, -0.05) is 19.8 Å². The lowest BCUT2D eigenvalue weighted by molar-refractivity contribution is -0.00404. The highest BCUT2D eigenvalue weighted by Gasteiger charge is 2.37. The van der Waals surface area contributed by atoms with Crippen LogP contribution in [-0.4, -0.2) is 35.2 Å². The van der Waals surface area contributed by atoms with E-state index in [1.54, 1.807) is 0 Å². The van der Waals surface area contributed by atoms with Crippen LogP contribution in [0, 0.1) is 5.41 Å². The van der Waals surface area contributed by atoms with Crippen LogP contribution in [0.4, 0.5) is 0 Å². The van der Waals surface area contributed by atoms with Crippen molar-refractivity contribution in [1.82, 2.24) is 4.90 Å². The van der Waals surface area contributed by atoms with Gasteiger partial charge in [0.15, 0.2) is 0 Å². The molecule has 1 heterocycles. The van der Waals surface area contributed by atoms with Crippen LogP contribution >= 0.6 is 0 Å². The first-order valence-electron chi connectivity index (χ1n) is 7.00. The Morgan fingerprint density at radius 3 is 2.19 bits per heavy atom. The molecule has 2 aliphatic rings. The SMILES string of the molecule is CCC(C)(O)CN1CCC2(CCCC2)CC1. The van der Waals surface area contributed by atoms with Crippen molar-refractivity contribution in [2.24, 2.45) is 5.41 Å². The van der Waals surface area contributed by atoms with Crippen molar-refractivity contribution < 1.29 is 5.11 Å². The quantitative estimate of drug-likeness (QED) is 0.798. The van der Waals surface area contributed by atoms with E-state index < -0.39 is 5.60 Å². The molecule has 1 saturated heterocycles. The second kappa shape index (κ2) is 4.66. The lowest BCUT2D eigenvalue weighted by atomic mass is 9.77. The maximum absolute atomic E-state index is 10.1. The standard InChI is InChI=1S/C14H27NO/c1-3-13(2,16)12-15-10-8-14(9-11-15)6-4-5-7-14/h16H,3-12H2,1-2H3. The van der Waals surface area contributed by atoms with Crippen molar-refractivity contribution in [3.63, 3.8) is 0 Å². The first kappa shape index (κ1) is 12.4. The highest BCUT2D eigenvalue weighted by molar-refractivity contribution is 4.91. The average Bonchev–Trinajstić information content (AvgIpc) is 2.71. The van der Waals surface area contributed by atoms with Crippen LogP contribution in [0.15, 0.2) is 0 Å². The van der Waals surface area contributed by atoms with Gasteiger partial charge in [0.1, 0.15) is 0 Å². The molecule has 94 valence electrons. The first-order valence-corrected chi connectivity index (χ1v) is 7.00. The fraction of sp³-hybridized carbons (Fsp3) is 1.00. The van der Waals surface area contributed by atoms with Crippen LogP contribution in [0.25, 0.3) is 0 Å². The van der Waals surface area contributed by atoms with E-state index in [0.29, 0.717) is 5.41 Å². The smallest absolute Gasteiger partial charge is 0.0743 e. The minimum atomic E-state index is -0.486. The molecule has 1 saturated carbocycles. The predicted molar refractivity (Wildman–Crippen MR) is 67.5 cm³/mol. The molecule has 1 unspecified atom stereocenters. The van der Waals surface area contributed by atoms with Crippen molar-refractivity contribution >= 4 is 0 Å². The predicted octanol–water partition coefficient (Wildman–Crippen LogP) is 2.80. The number of likely N-dealkylation sites (tertiary alicyclic amines) is 1. The Morgan fingerprint density at radius 1 is 1.12 bits per heavy atom. The van der Waals surface area contributed by atoms with Gasteiger partial charge in [0.2, 0.25) is 0 Å². The fourth-order valence-corrected chi connectivity index (χ4v) is 3.40. The molecule has 2 nitrogen and oxygen atoms in total. The van der Waals surface area contributed by atoms with E-state index >= 15 is 0 Å². The summed E-state index contributed by atoms with van der Waals surface area (Å²) in [5.74, 6) is 0. The maximum atomic E-state index is 10.1. The van der Waals surface area contributed by atoms with Crippen molar-refractivity contribution in [2.45, 2.75) is 64.4 Å². The number of nitrogens with zero attached hydrogens (tertiary/aromatic N) is 1. The largest absolute Gasteiger partial charge is 0.389 e. The summed E-state index contributed by atoms with van der Waals surface area (Å²) in [4.78, 5) is 2.47. The normalized spacial score (nSPS) is 29.4. The summed E-state index contributed by atoms with van der Waals surface area (Å²) < 4.78 is 0. The third-order valence-electron chi connectivity index (χ3n) is 4.91. The molecule has 1 N–H and O–H groups in total. The van der Waals surface area contributed by atoms with Gasteiger partial charge in [0.05, 0.1) is 5.60 Å². The first-order chi connectivity index (χ1) is 7.55. The summed E-state index contributed by atoms with van der Waals surface area (Å²) in [5, 5.41) is 10.1. The molecule has 2 fully saturated rings. The molecule has 0 aromatic heterocycles. The van der Waals surface area contributed by atoms with Gasteiger partial charge < -0.3 is 10.0 Å². The van der Waals surface area contributed by atoms with Gasteiger partial charge in [-0.2, -0.15) is 0 Å². The molecule has 1 aliphatic heterocycles. The molecule has 0 bridgehead atoms. The van der Waals surface area contributed by atoms with Crippen LogP contribution in [0.2, 0.25) is 0 Å². The van der Waals surface area contributed by atoms with Crippen molar-refractivity contribution in [1.29, 1.82) is 0 Å². The average molecular weight is 225 g/mol. The Kier molecular flexibility index (Phi) is 3.60. The molecule has 2 rings (SSSR count). The Morgan fingerprint density at radius 2 is 1.69 bits per heavy atom. The van der Waals surface area contributed by atoms with Gasteiger partial charge in [0.25, 0.3) is 0 Å². The van der Waals surface area contributed by atoms with E-state index in [0.717, 1.165) is 13.0 Å². The van der Waals surface area contributed by atoms with E-state index in [2.05, 4.69) is 11.8 Å². The fourth-order valence-electron chi connectivity index (χ4n) is 3.40. The molecule has 0 radical (unpaired) electrons. The summed E-state index contributed by atoms with van der Waals surface area (Å²) >= 11 is 0. The minimum absolute atomic E-state index is 0.486. The van der Waals surface area contributed by atoms with Crippen molar-refractivity contribution in [3.8, 4) is 0 Å². The topological polar surface area (TPSA) is 23.5 Å². The van der Waals surface area contributed by atoms with Gasteiger partial charge in [-0.15, -0.1) is 0 Å². The number of hydrogen-bond donors (Lipinski definition) is 1. The molecular formula is C14H27NO. The van der Waals surface area contributed by atoms with Crippen molar-refractivity contribution in [3.05, 3.63) is 0 Å². The number of aliphatic hydroxyl groups is 1. The number of piperidine rings is 1. The van der Waals surface area contributed by atoms with Gasteiger partial charge in [-0.05, 0) is 57.5 Å². The summed E-state index contributed by atoms with van der Waals surface area (Å²) in [6.07, 6.45) is 9.42. The zero-order chi connectivity index (χ0) is 11.6. The van der Waals surface area contributed by atoms with Gasteiger partial charge in [-0.25, -0.2) is 0 Å². The van der Waals surface area contributed by atoms with E-state index in [1.807, 2.05) is 6.92 Å². The zero-order valence-electron chi connectivity index (χ0n) is 11.0. The van der Waals surface area contributed by atoms with Gasteiger partial charge in [-0.3, -0.25) is 0 Å². The Bertz CT molecular complexity index is 221. The molecule has 0 amide bonds. The number of rotatable bonds is 3. The van der Waals surface area contributed by atoms with Crippen LogP contribution in [0.5, 0.6) is 0 Å². The zero-order valence-corrected chi connectivity index (χ0v) is 11.0. The van der Waals surface area contributed by atoms with E-state index in [1.165, 1.54) is 51.6 Å². The van der Waals surface area contributed by atoms with E-state index in [4.69, 9.17) is 0 Å². The van der Waals surface area contributed by atoms with E-state index in [9.17, 15) is 5.11 Å². The van der Waals surface area contributed by atoms with E-state index in [-0.39, 0.29) is 0 Å². The highest BCUT2D eigenvalue weighted by atomic mass is 16.3. The Labute approximate surface area is 100 Å².